The number of carbonyl (C=O) groups excluding carboxylic acids is 1. The van der Waals surface area contributed by atoms with Crippen molar-refractivity contribution in [1.82, 2.24) is 5.32 Å². The van der Waals surface area contributed by atoms with E-state index in [0.29, 0.717) is 6.54 Å². The van der Waals surface area contributed by atoms with E-state index < -0.39 is 0 Å². The predicted octanol–water partition coefficient (Wildman–Crippen LogP) is 3.02. The topological polar surface area (TPSA) is 32.3 Å². The Morgan fingerprint density at radius 1 is 1.25 bits per heavy atom. The first-order valence-corrected chi connectivity index (χ1v) is 5.59. The van der Waals surface area contributed by atoms with Gasteiger partial charge in [-0.25, -0.2) is 4.79 Å². The molecule has 1 N–H and O–H groups in total. The third-order valence-electron chi connectivity index (χ3n) is 2.11. The first kappa shape index (κ1) is 12.6. The molecular weight excluding hydrogens is 200 g/mol. The van der Waals surface area contributed by atoms with E-state index in [0.717, 1.165) is 5.69 Å². The number of rotatable bonds is 2. The quantitative estimate of drug-likeness (QED) is 0.816. The van der Waals surface area contributed by atoms with Gasteiger partial charge in [0.1, 0.15) is 0 Å². The molecule has 0 bridgehead atoms. The lowest BCUT2D eigenvalue weighted by atomic mass is 10.1. The maximum atomic E-state index is 12.0. The minimum atomic E-state index is -0.209. The van der Waals surface area contributed by atoms with Gasteiger partial charge in [-0.05, 0) is 39.8 Å². The van der Waals surface area contributed by atoms with Crippen LogP contribution in [-0.2, 0) is 0 Å². The monoisotopic (exact) mass is 220 g/mol. The predicted molar refractivity (Wildman–Crippen MR) is 67.7 cm³/mol. The zero-order chi connectivity index (χ0) is 12.2. The summed E-state index contributed by atoms with van der Waals surface area (Å²) in [7, 11) is 0. The molecule has 0 aliphatic carbocycles. The van der Waals surface area contributed by atoms with Crippen LogP contribution in [0.25, 0.3) is 0 Å². The Morgan fingerprint density at radius 3 is 2.25 bits per heavy atom. The number of benzene rings is 1. The van der Waals surface area contributed by atoms with Crippen molar-refractivity contribution in [3.8, 4) is 0 Å². The van der Waals surface area contributed by atoms with E-state index in [1.807, 2.05) is 58.0 Å². The Kier molecular flexibility index (Phi) is 3.93. The fourth-order valence-electron chi connectivity index (χ4n) is 1.44. The molecule has 0 aliphatic heterocycles. The van der Waals surface area contributed by atoms with E-state index in [-0.39, 0.29) is 11.6 Å². The summed E-state index contributed by atoms with van der Waals surface area (Å²) in [5, 5.41) is 2.96. The van der Waals surface area contributed by atoms with Gasteiger partial charge in [-0.3, -0.25) is 4.90 Å². The first-order chi connectivity index (χ1) is 7.44. The second-order valence-electron chi connectivity index (χ2n) is 4.76. The van der Waals surface area contributed by atoms with E-state index >= 15 is 0 Å². The van der Waals surface area contributed by atoms with Crippen molar-refractivity contribution in [2.45, 2.75) is 33.2 Å². The van der Waals surface area contributed by atoms with Gasteiger partial charge in [0.15, 0.2) is 0 Å². The SMILES string of the molecule is CCN(C(=O)NC(C)(C)C)c1ccccc1. The molecule has 0 aromatic heterocycles. The van der Waals surface area contributed by atoms with Gasteiger partial charge in [0, 0.05) is 17.8 Å². The van der Waals surface area contributed by atoms with Crippen molar-refractivity contribution in [2.75, 3.05) is 11.4 Å². The van der Waals surface area contributed by atoms with E-state index in [4.69, 9.17) is 0 Å². The van der Waals surface area contributed by atoms with Crippen LogP contribution >= 0.6 is 0 Å². The van der Waals surface area contributed by atoms with Gasteiger partial charge in [-0.1, -0.05) is 18.2 Å². The molecule has 0 heterocycles. The number of hydrogen-bond acceptors (Lipinski definition) is 1. The summed E-state index contributed by atoms with van der Waals surface area (Å²) in [6.07, 6.45) is 0. The van der Waals surface area contributed by atoms with Crippen molar-refractivity contribution in [2.24, 2.45) is 0 Å². The third kappa shape index (κ3) is 3.57. The first-order valence-electron chi connectivity index (χ1n) is 5.59. The Bertz CT molecular complexity index is 341. The zero-order valence-corrected chi connectivity index (χ0v) is 10.4. The number of amides is 2. The molecule has 0 aliphatic rings. The van der Waals surface area contributed by atoms with E-state index in [9.17, 15) is 4.79 Å². The summed E-state index contributed by atoms with van der Waals surface area (Å²) in [6, 6.07) is 9.63. The average Bonchev–Trinajstić information content (AvgIpc) is 2.17. The number of urea groups is 1. The highest BCUT2D eigenvalue weighted by Gasteiger charge is 2.19. The number of carbonyl (C=O) groups is 1. The number of hydrogen-bond donors (Lipinski definition) is 1. The zero-order valence-electron chi connectivity index (χ0n) is 10.4. The summed E-state index contributed by atoms with van der Waals surface area (Å²) in [5.74, 6) is 0. The minimum absolute atomic E-state index is 0.0544. The highest BCUT2D eigenvalue weighted by molar-refractivity contribution is 5.92. The van der Waals surface area contributed by atoms with Crippen LogP contribution in [0, 0.1) is 0 Å². The molecule has 0 saturated heterocycles. The molecule has 1 aromatic carbocycles. The third-order valence-corrected chi connectivity index (χ3v) is 2.11. The summed E-state index contributed by atoms with van der Waals surface area (Å²) < 4.78 is 0. The van der Waals surface area contributed by atoms with Gasteiger partial charge >= 0.3 is 6.03 Å². The molecule has 0 fully saturated rings. The van der Waals surface area contributed by atoms with Gasteiger partial charge in [-0.2, -0.15) is 0 Å². The fraction of sp³-hybridized carbons (Fsp3) is 0.462. The molecule has 3 heteroatoms. The van der Waals surface area contributed by atoms with Crippen LogP contribution in [0.1, 0.15) is 27.7 Å². The van der Waals surface area contributed by atoms with Crippen molar-refractivity contribution >= 4 is 11.7 Å². The van der Waals surface area contributed by atoms with Crippen LogP contribution in [0.3, 0.4) is 0 Å². The smallest absolute Gasteiger partial charge is 0.322 e. The lowest BCUT2D eigenvalue weighted by Crippen LogP contribution is -2.48. The van der Waals surface area contributed by atoms with Crippen LogP contribution in [-0.4, -0.2) is 18.1 Å². The Balaban J connectivity index is 2.80. The van der Waals surface area contributed by atoms with E-state index in [1.54, 1.807) is 4.90 Å². The molecule has 1 rings (SSSR count). The van der Waals surface area contributed by atoms with Crippen molar-refractivity contribution in [3.63, 3.8) is 0 Å². The van der Waals surface area contributed by atoms with Crippen LogP contribution in [0.2, 0.25) is 0 Å². The molecule has 0 unspecified atom stereocenters. The van der Waals surface area contributed by atoms with Crippen molar-refractivity contribution in [3.05, 3.63) is 30.3 Å². The molecule has 88 valence electrons. The maximum absolute atomic E-state index is 12.0. The number of nitrogens with one attached hydrogen (secondary N) is 1. The molecule has 3 nitrogen and oxygen atoms in total. The number of para-hydroxylation sites is 1. The van der Waals surface area contributed by atoms with Gasteiger partial charge in [-0.15, -0.1) is 0 Å². The van der Waals surface area contributed by atoms with E-state index in [1.165, 1.54) is 0 Å². The van der Waals surface area contributed by atoms with Crippen molar-refractivity contribution in [1.29, 1.82) is 0 Å². The van der Waals surface area contributed by atoms with Crippen molar-refractivity contribution < 1.29 is 4.79 Å². The fourth-order valence-corrected chi connectivity index (χ4v) is 1.44. The molecule has 0 radical (unpaired) electrons. The lowest BCUT2D eigenvalue weighted by molar-refractivity contribution is 0.238. The highest BCUT2D eigenvalue weighted by atomic mass is 16.2. The molecule has 0 spiro atoms. The number of anilines is 1. The minimum Gasteiger partial charge on any atom is -0.333 e. The van der Waals surface area contributed by atoms with Gasteiger partial charge in [0.2, 0.25) is 0 Å². The molecule has 2 amide bonds. The van der Waals surface area contributed by atoms with Gasteiger partial charge in [0.25, 0.3) is 0 Å². The number of nitrogens with zero attached hydrogens (tertiary/aromatic N) is 1. The summed E-state index contributed by atoms with van der Waals surface area (Å²) in [5.41, 5.74) is 0.714. The molecule has 0 atom stereocenters. The average molecular weight is 220 g/mol. The van der Waals surface area contributed by atoms with Crippen LogP contribution < -0.4 is 10.2 Å². The maximum Gasteiger partial charge on any atom is 0.322 e. The summed E-state index contributed by atoms with van der Waals surface area (Å²) in [4.78, 5) is 13.7. The molecule has 1 aromatic rings. The standard InChI is InChI=1S/C13H20N2O/c1-5-15(11-9-7-6-8-10-11)12(16)14-13(2,3)4/h6-10H,5H2,1-4H3,(H,14,16). The second kappa shape index (κ2) is 5.01. The van der Waals surface area contributed by atoms with Gasteiger partial charge < -0.3 is 5.32 Å². The Morgan fingerprint density at radius 2 is 1.81 bits per heavy atom. The highest BCUT2D eigenvalue weighted by Crippen LogP contribution is 2.13. The normalized spacial score (nSPS) is 11.0. The Hall–Kier alpha value is -1.51. The van der Waals surface area contributed by atoms with Crippen LogP contribution in [0.5, 0.6) is 0 Å². The van der Waals surface area contributed by atoms with Crippen LogP contribution in [0.15, 0.2) is 30.3 Å². The molecule has 16 heavy (non-hydrogen) atoms. The summed E-state index contributed by atoms with van der Waals surface area (Å²) in [6.45, 7) is 8.55. The largest absolute Gasteiger partial charge is 0.333 e. The summed E-state index contributed by atoms with van der Waals surface area (Å²) >= 11 is 0. The lowest BCUT2D eigenvalue weighted by Gasteiger charge is -2.27. The molecule has 0 saturated carbocycles. The second-order valence-corrected chi connectivity index (χ2v) is 4.76. The van der Waals surface area contributed by atoms with E-state index in [2.05, 4.69) is 5.32 Å². The van der Waals surface area contributed by atoms with Crippen LogP contribution in [0.4, 0.5) is 10.5 Å². The Labute approximate surface area is 97.5 Å². The molecular formula is C13H20N2O. The van der Waals surface area contributed by atoms with Gasteiger partial charge in [0.05, 0.1) is 0 Å².